The second kappa shape index (κ2) is 7.18. The van der Waals surface area contributed by atoms with Gasteiger partial charge >= 0.3 is 0 Å². The van der Waals surface area contributed by atoms with Gasteiger partial charge in [0.2, 0.25) is 0 Å². The van der Waals surface area contributed by atoms with Gasteiger partial charge in [0, 0.05) is 31.8 Å². The lowest BCUT2D eigenvalue weighted by Crippen LogP contribution is -2.37. The molecule has 1 aromatic heterocycles. The maximum absolute atomic E-state index is 5.87. The van der Waals surface area contributed by atoms with Crippen molar-refractivity contribution in [2.45, 2.75) is 45.5 Å². The van der Waals surface area contributed by atoms with Gasteiger partial charge in [-0.25, -0.2) is 4.98 Å². The summed E-state index contributed by atoms with van der Waals surface area (Å²) in [7, 11) is 1.74. The zero-order chi connectivity index (χ0) is 17.2. The van der Waals surface area contributed by atoms with Gasteiger partial charge in [0.25, 0.3) is 0 Å². The topological polar surface area (TPSA) is 39.5 Å². The summed E-state index contributed by atoms with van der Waals surface area (Å²) in [6, 6.07) is 8.55. The molecule has 25 heavy (non-hydrogen) atoms. The van der Waals surface area contributed by atoms with Gasteiger partial charge in [0.1, 0.15) is 11.6 Å². The van der Waals surface area contributed by atoms with Crippen LogP contribution in [0.4, 0.5) is 0 Å². The summed E-state index contributed by atoms with van der Waals surface area (Å²) in [5, 5.41) is 0. The minimum absolute atomic E-state index is 0.288. The van der Waals surface area contributed by atoms with E-state index in [2.05, 4.69) is 28.5 Å². The molecule has 2 aliphatic rings. The van der Waals surface area contributed by atoms with E-state index in [1.807, 2.05) is 18.3 Å². The Morgan fingerprint density at radius 2 is 2.04 bits per heavy atom. The number of fused-ring (bicyclic) bond motifs is 1. The van der Waals surface area contributed by atoms with Crippen molar-refractivity contribution in [3.05, 3.63) is 47.5 Å². The van der Waals surface area contributed by atoms with E-state index < -0.39 is 0 Å². The molecule has 1 saturated carbocycles. The third kappa shape index (κ3) is 3.58. The molecule has 2 heterocycles. The van der Waals surface area contributed by atoms with Crippen LogP contribution in [0.25, 0.3) is 0 Å². The van der Waals surface area contributed by atoms with Crippen molar-refractivity contribution in [2.75, 3.05) is 20.3 Å². The second-order valence-electron chi connectivity index (χ2n) is 7.18. The lowest BCUT2D eigenvalue weighted by atomic mass is 10.1. The fraction of sp³-hybridized carbons (Fsp3) is 0.550. The second-order valence-corrected chi connectivity index (χ2v) is 7.18. The molecule has 1 aliphatic heterocycles. The molecule has 0 spiro atoms. The summed E-state index contributed by atoms with van der Waals surface area (Å²) in [5.74, 6) is 2.91. The first-order chi connectivity index (χ1) is 12.3. The van der Waals surface area contributed by atoms with Crippen molar-refractivity contribution in [1.29, 1.82) is 0 Å². The highest BCUT2D eigenvalue weighted by molar-refractivity contribution is 5.33. The van der Waals surface area contributed by atoms with Crippen LogP contribution in [0.2, 0.25) is 0 Å². The van der Waals surface area contributed by atoms with Gasteiger partial charge in [-0.1, -0.05) is 18.2 Å². The smallest absolute Gasteiger partial charge is 0.126 e. The van der Waals surface area contributed by atoms with Crippen LogP contribution >= 0.6 is 0 Å². The van der Waals surface area contributed by atoms with E-state index in [0.717, 1.165) is 43.7 Å². The van der Waals surface area contributed by atoms with Crippen molar-refractivity contribution >= 4 is 0 Å². The number of aromatic nitrogens is 2. The third-order valence-corrected chi connectivity index (χ3v) is 5.37. The van der Waals surface area contributed by atoms with Crippen LogP contribution < -0.4 is 4.74 Å². The van der Waals surface area contributed by atoms with Crippen molar-refractivity contribution < 1.29 is 9.47 Å². The Morgan fingerprint density at radius 1 is 1.20 bits per heavy atom. The molecule has 1 aliphatic carbocycles. The lowest BCUT2D eigenvalue weighted by molar-refractivity contribution is 0.101. The van der Waals surface area contributed by atoms with E-state index >= 15 is 0 Å². The Hall–Kier alpha value is -1.85. The Kier molecular flexibility index (Phi) is 4.77. The molecule has 1 fully saturated rings. The molecule has 0 bridgehead atoms. The number of rotatable bonds is 7. The van der Waals surface area contributed by atoms with E-state index in [1.165, 1.54) is 24.1 Å². The summed E-state index contributed by atoms with van der Waals surface area (Å²) < 4.78 is 13.7. The van der Waals surface area contributed by atoms with Crippen LogP contribution in [-0.4, -0.2) is 34.7 Å². The van der Waals surface area contributed by atoms with E-state index in [0.29, 0.717) is 6.61 Å². The highest BCUT2D eigenvalue weighted by Crippen LogP contribution is 2.31. The molecule has 5 heteroatoms. The van der Waals surface area contributed by atoms with Crippen LogP contribution in [0.5, 0.6) is 5.75 Å². The highest BCUT2D eigenvalue weighted by atomic mass is 16.5. The fourth-order valence-corrected chi connectivity index (χ4v) is 3.60. The molecule has 4 rings (SSSR count). The Bertz CT molecular complexity index is 723. The molecular weight excluding hydrogens is 314 g/mol. The van der Waals surface area contributed by atoms with Crippen LogP contribution in [0, 0.1) is 5.92 Å². The fourth-order valence-electron chi connectivity index (χ4n) is 3.60. The SMILES string of the molecule is COc1ccccc1CN1CCn2c(COCC3CC3)cnc2[C@H]1C. The zero-order valence-electron chi connectivity index (χ0n) is 15.1. The largest absolute Gasteiger partial charge is 0.496 e. The molecule has 1 aromatic carbocycles. The van der Waals surface area contributed by atoms with Crippen molar-refractivity contribution in [3.8, 4) is 5.75 Å². The average molecular weight is 341 g/mol. The highest BCUT2D eigenvalue weighted by Gasteiger charge is 2.28. The molecule has 0 N–H and O–H groups in total. The zero-order valence-corrected chi connectivity index (χ0v) is 15.1. The van der Waals surface area contributed by atoms with E-state index in [-0.39, 0.29) is 6.04 Å². The maximum atomic E-state index is 5.87. The molecule has 1 atom stereocenters. The number of nitrogens with zero attached hydrogens (tertiary/aromatic N) is 3. The van der Waals surface area contributed by atoms with Crippen molar-refractivity contribution in [1.82, 2.24) is 14.5 Å². The average Bonchev–Trinajstić information content (AvgIpc) is 3.37. The number of methoxy groups -OCH3 is 1. The summed E-state index contributed by atoms with van der Waals surface area (Å²) in [4.78, 5) is 7.16. The van der Waals surface area contributed by atoms with Gasteiger partial charge < -0.3 is 14.0 Å². The molecule has 0 amide bonds. The van der Waals surface area contributed by atoms with Crippen molar-refractivity contribution in [3.63, 3.8) is 0 Å². The predicted octanol–water partition coefficient (Wildman–Crippen LogP) is 3.40. The minimum Gasteiger partial charge on any atom is -0.496 e. The Balaban J connectivity index is 1.44. The number of ether oxygens (including phenoxy) is 2. The van der Waals surface area contributed by atoms with Gasteiger partial charge in [-0.2, -0.15) is 0 Å². The molecule has 0 saturated heterocycles. The first-order valence-corrected chi connectivity index (χ1v) is 9.24. The number of benzene rings is 1. The number of hydrogen-bond acceptors (Lipinski definition) is 4. The monoisotopic (exact) mass is 341 g/mol. The standard InChI is InChI=1S/C20H27N3O2/c1-15-20-21-11-18(14-25-13-16-7-8-16)23(20)10-9-22(15)12-17-5-3-4-6-19(17)24-2/h3-6,11,15-16H,7-10,12-14H2,1-2H3/t15-/m1/s1. The summed E-state index contributed by atoms with van der Waals surface area (Å²) in [6.45, 7) is 6.68. The summed E-state index contributed by atoms with van der Waals surface area (Å²) in [6.07, 6.45) is 4.66. The number of para-hydroxylation sites is 1. The first-order valence-electron chi connectivity index (χ1n) is 9.24. The van der Waals surface area contributed by atoms with Crippen LogP contribution in [0.1, 0.15) is 42.9 Å². The maximum Gasteiger partial charge on any atom is 0.126 e. The molecular formula is C20H27N3O2. The molecule has 134 valence electrons. The van der Waals surface area contributed by atoms with Crippen molar-refractivity contribution in [2.24, 2.45) is 5.92 Å². The van der Waals surface area contributed by atoms with E-state index in [4.69, 9.17) is 14.5 Å². The van der Waals surface area contributed by atoms with E-state index in [9.17, 15) is 0 Å². The minimum atomic E-state index is 0.288. The van der Waals surface area contributed by atoms with E-state index in [1.54, 1.807) is 7.11 Å². The molecule has 0 radical (unpaired) electrons. The van der Waals surface area contributed by atoms with Gasteiger partial charge in [0.05, 0.1) is 31.6 Å². The van der Waals surface area contributed by atoms with Gasteiger partial charge in [0.15, 0.2) is 0 Å². The van der Waals surface area contributed by atoms with Gasteiger partial charge in [-0.3, -0.25) is 4.90 Å². The number of imidazole rings is 1. The summed E-state index contributed by atoms with van der Waals surface area (Å²) >= 11 is 0. The Morgan fingerprint density at radius 3 is 2.84 bits per heavy atom. The van der Waals surface area contributed by atoms with Crippen LogP contribution in [-0.2, 0) is 24.4 Å². The lowest BCUT2D eigenvalue weighted by Gasteiger charge is -2.34. The van der Waals surface area contributed by atoms with Gasteiger partial charge in [-0.05, 0) is 31.7 Å². The normalized spacial score (nSPS) is 20.5. The molecule has 0 unspecified atom stereocenters. The third-order valence-electron chi connectivity index (χ3n) is 5.37. The predicted molar refractivity (Wildman–Crippen MR) is 96.4 cm³/mol. The van der Waals surface area contributed by atoms with Gasteiger partial charge in [-0.15, -0.1) is 0 Å². The summed E-state index contributed by atoms with van der Waals surface area (Å²) in [5.41, 5.74) is 2.43. The van der Waals surface area contributed by atoms with Crippen LogP contribution in [0.15, 0.2) is 30.5 Å². The molecule has 5 nitrogen and oxygen atoms in total. The quantitative estimate of drug-likeness (QED) is 0.774. The number of hydrogen-bond donors (Lipinski definition) is 0. The first kappa shape index (κ1) is 16.6. The molecule has 2 aromatic rings. The van der Waals surface area contributed by atoms with Crippen LogP contribution in [0.3, 0.4) is 0 Å². The Labute approximate surface area is 149 Å².